The van der Waals surface area contributed by atoms with Crippen LogP contribution in [0, 0.1) is 0 Å². The largest absolute Gasteiger partial charge is 0.382 e. The summed E-state index contributed by atoms with van der Waals surface area (Å²) in [7, 11) is 0. The zero-order chi connectivity index (χ0) is 14.4. The number of aromatic nitrogens is 2. The molecule has 1 saturated heterocycles. The van der Waals surface area contributed by atoms with Crippen LogP contribution in [0.4, 0.5) is 5.82 Å². The maximum atomic E-state index is 12.6. The number of hydrogen-bond acceptors (Lipinski definition) is 4. The molecule has 6 nitrogen and oxygen atoms in total. The van der Waals surface area contributed by atoms with Crippen molar-refractivity contribution in [1.82, 2.24) is 20.4 Å². The van der Waals surface area contributed by atoms with Crippen LogP contribution in [0.5, 0.6) is 0 Å². The van der Waals surface area contributed by atoms with Crippen molar-refractivity contribution in [2.24, 2.45) is 0 Å². The summed E-state index contributed by atoms with van der Waals surface area (Å²) in [6, 6.07) is 1.94. The van der Waals surface area contributed by atoms with Gasteiger partial charge >= 0.3 is 0 Å². The molecule has 1 aromatic rings. The molecule has 1 aliphatic heterocycles. The van der Waals surface area contributed by atoms with Crippen LogP contribution in [0.3, 0.4) is 0 Å². The van der Waals surface area contributed by atoms with Gasteiger partial charge in [0.15, 0.2) is 0 Å². The Balaban J connectivity index is 1.72. The quantitative estimate of drug-likeness (QED) is 0.755. The number of rotatable bonds is 3. The zero-order valence-electron chi connectivity index (χ0n) is 12.1. The van der Waals surface area contributed by atoms with E-state index < -0.39 is 5.54 Å². The second-order valence-corrected chi connectivity index (χ2v) is 6.50. The van der Waals surface area contributed by atoms with E-state index in [0.717, 1.165) is 25.8 Å². The summed E-state index contributed by atoms with van der Waals surface area (Å²) in [5.74, 6) is 0.435. The highest BCUT2D eigenvalue weighted by Crippen LogP contribution is 2.39. The van der Waals surface area contributed by atoms with Gasteiger partial charge in [-0.3, -0.25) is 9.48 Å². The minimum atomic E-state index is -0.731. The van der Waals surface area contributed by atoms with Crippen LogP contribution < -0.4 is 16.4 Å². The van der Waals surface area contributed by atoms with E-state index in [9.17, 15) is 4.79 Å². The van der Waals surface area contributed by atoms with Crippen LogP contribution in [-0.2, 0) is 10.3 Å². The van der Waals surface area contributed by atoms with Crippen LogP contribution >= 0.6 is 0 Å². The fourth-order valence-electron chi connectivity index (χ4n) is 3.25. The van der Waals surface area contributed by atoms with E-state index in [4.69, 9.17) is 5.73 Å². The molecule has 2 heterocycles. The normalized spacial score (nSPS) is 24.6. The minimum absolute atomic E-state index is 0.000532. The van der Waals surface area contributed by atoms with Crippen LogP contribution in [0.2, 0.25) is 0 Å². The van der Waals surface area contributed by atoms with Gasteiger partial charge in [0.25, 0.3) is 0 Å². The average Bonchev–Trinajstić information content (AvgIpc) is 2.94. The number of nitrogens with zero attached hydrogens (tertiary/aromatic N) is 2. The molecule has 1 aliphatic carbocycles. The van der Waals surface area contributed by atoms with Gasteiger partial charge in [-0.15, -0.1) is 0 Å². The molecule has 2 fully saturated rings. The van der Waals surface area contributed by atoms with E-state index in [1.165, 1.54) is 6.42 Å². The lowest BCUT2D eigenvalue weighted by atomic mass is 9.72. The highest BCUT2D eigenvalue weighted by atomic mass is 16.2. The molecule has 3 rings (SSSR count). The number of nitrogen functional groups attached to an aromatic ring is 1. The van der Waals surface area contributed by atoms with Crippen molar-refractivity contribution in [3.05, 3.63) is 12.3 Å². The summed E-state index contributed by atoms with van der Waals surface area (Å²) < 4.78 is 1.63. The minimum Gasteiger partial charge on any atom is -0.382 e. The third kappa shape index (κ3) is 1.98. The molecule has 0 radical (unpaired) electrons. The first-order valence-corrected chi connectivity index (χ1v) is 7.32. The Kier molecular flexibility index (Phi) is 3.01. The Morgan fingerprint density at radius 3 is 2.90 bits per heavy atom. The molecule has 110 valence electrons. The highest BCUT2D eigenvalue weighted by Gasteiger charge is 2.48. The number of anilines is 1. The summed E-state index contributed by atoms with van der Waals surface area (Å²) in [6.45, 7) is 4.72. The first-order valence-electron chi connectivity index (χ1n) is 7.32. The van der Waals surface area contributed by atoms with E-state index >= 15 is 0 Å². The maximum absolute atomic E-state index is 12.6. The molecule has 1 amide bonds. The Labute approximate surface area is 119 Å². The first kappa shape index (κ1) is 13.4. The smallest absolute Gasteiger partial charge is 0.247 e. The van der Waals surface area contributed by atoms with Crippen LogP contribution in [0.25, 0.3) is 0 Å². The Bertz CT molecular complexity index is 517. The van der Waals surface area contributed by atoms with Gasteiger partial charge < -0.3 is 16.4 Å². The van der Waals surface area contributed by atoms with Crippen molar-refractivity contribution in [2.75, 3.05) is 12.3 Å². The molecular formula is C14H23N5O. The van der Waals surface area contributed by atoms with E-state index in [1.807, 2.05) is 13.8 Å². The van der Waals surface area contributed by atoms with Gasteiger partial charge in [0.1, 0.15) is 11.4 Å². The second kappa shape index (κ2) is 4.48. The van der Waals surface area contributed by atoms with Crippen LogP contribution in [0.1, 0.15) is 39.5 Å². The third-order valence-corrected chi connectivity index (χ3v) is 4.87. The second-order valence-electron chi connectivity index (χ2n) is 6.50. The Morgan fingerprint density at radius 1 is 1.60 bits per heavy atom. The van der Waals surface area contributed by atoms with Crippen molar-refractivity contribution < 1.29 is 4.79 Å². The van der Waals surface area contributed by atoms with Crippen molar-refractivity contribution in [1.29, 1.82) is 0 Å². The van der Waals surface area contributed by atoms with Gasteiger partial charge in [-0.05, 0) is 52.1 Å². The van der Waals surface area contributed by atoms with Crippen molar-refractivity contribution >= 4 is 11.7 Å². The highest BCUT2D eigenvalue weighted by molar-refractivity contribution is 5.84. The molecule has 1 unspecified atom stereocenters. The lowest BCUT2D eigenvalue weighted by Gasteiger charge is -2.44. The number of carbonyl (C=O) groups excluding carboxylic acids is 1. The van der Waals surface area contributed by atoms with Crippen LogP contribution in [-0.4, -0.2) is 33.8 Å². The van der Waals surface area contributed by atoms with Crippen molar-refractivity contribution in [2.45, 2.75) is 56.7 Å². The van der Waals surface area contributed by atoms with Crippen molar-refractivity contribution in [3.63, 3.8) is 0 Å². The maximum Gasteiger partial charge on any atom is 0.247 e. The van der Waals surface area contributed by atoms with E-state index in [0.29, 0.717) is 5.82 Å². The molecule has 1 aromatic heterocycles. The fourth-order valence-corrected chi connectivity index (χ4v) is 3.25. The number of nitrogens with two attached hydrogens (primary N) is 1. The monoisotopic (exact) mass is 277 g/mol. The molecule has 1 spiro atoms. The molecule has 20 heavy (non-hydrogen) atoms. The number of amides is 1. The summed E-state index contributed by atoms with van der Waals surface area (Å²) >= 11 is 0. The molecule has 0 aromatic carbocycles. The van der Waals surface area contributed by atoms with E-state index in [-0.39, 0.29) is 17.5 Å². The summed E-state index contributed by atoms with van der Waals surface area (Å²) in [4.78, 5) is 12.6. The molecule has 0 bridgehead atoms. The number of hydrogen-bond donors (Lipinski definition) is 3. The molecular weight excluding hydrogens is 254 g/mol. The average molecular weight is 277 g/mol. The standard InChI is InChI=1S/C14H23N5O/c1-13(2,19-9-5-11(15)18-19)12(20)17-10-4-8-16-14(10)6-3-7-14/h5,9-10,16H,3-4,6-8H2,1-2H3,(H2,15,18)(H,17,20). The molecule has 4 N–H and O–H groups in total. The van der Waals surface area contributed by atoms with E-state index in [2.05, 4.69) is 15.7 Å². The number of carbonyl (C=O) groups is 1. The fraction of sp³-hybridized carbons (Fsp3) is 0.714. The molecule has 1 saturated carbocycles. The van der Waals surface area contributed by atoms with Gasteiger partial charge in [-0.1, -0.05) is 0 Å². The zero-order valence-corrected chi connectivity index (χ0v) is 12.1. The molecule has 6 heteroatoms. The SMILES string of the molecule is CC(C)(C(=O)NC1CCNC12CCC2)n1ccc(N)n1. The molecule has 2 aliphatic rings. The lowest BCUT2D eigenvalue weighted by Crippen LogP contribution is -2.61. The van der Waals surface area contributed by atoms with Gasteiger partial charge in [0, 0.05) is 17.8 Å². The van der Waals surface area contributed by atoms with Gasteiger partial charge in [-0.2, -0.15) is 5.10 Å². The topological polar surface area (TPSA) is 85.0 Å². The Morgan fingerprint density at radius 2 is 2.35 bits per heavy atom. The predicted molar refractivity (Wildman–Crippen MR) is 77.1 cm³/mol. The number of nitrogens with one attached hydrogen (secondary N) is 2. The van der Waals surface area contributed by atoms with Gasteiger partial charge in [0.2, 0.25) is 5.91 Å². The molecule has 1 atom stereocenters. The lowest BCUT2D eigenvalue weighted by molar-refractivity contribution is -0.130. The van der Waals surface area contributed by atoms with Gasteiger partial charge in [-0.25, -0.2) is 0 Å². The summed E-state index contributed by atoms with van der Waals surface area (Å²) in [6.07, 6.45) is 6.32. The van der Waals surface area contributed by atoms with E-state index in [1.54, 1.807) is 16.9 Å². The summed E-state index contributed by atoms with van der Waals surface area (Å²) in [5.41, 5.74) is 5.06. The first-order chi connectivity index (χ1) is 9.44. The van der Waals surface area contributed by atoms with Gasteiger partial charge in [0.05, 0.1) is 0 Å². The predicted octanol–water partition coefficient (Wildman–Crippen LogP) is 0.601. The van der Waals surface area contributed by atoms with Crippen LogP contribution in [0.15, 0.2) is 12.3 Å². The summed E-state index contributed by atoms with van der Waals surface area (Å²) in [5, 5.41) is 10.9. The van der Waals surface area contributed by atoms with Crippen molar-refractivity contribution in [3.8, 4) is 0 Å². The Hall–Kier alpha value is -1.56. The third-order valence-electron chi connectivity index (χ3n) is 4.87.